The van der Waals surface area contributed by atoms with E-state index in [0.29, 0.717) is 10.9 Å². The summed E-state index contributed by atoms with van der Waals surface area (Å²) in [4.78, 5) is 26.3. The van der Waals surface area contributed by atoms with Gasteiger partial charge >= 0.3 is 6.09 Å². The summed E-state index contributed by atoms with van der Waals surface area (Å²) in [5.74, 6) is 2.68. The zero-order valence-electron chi connectivity index (χ0n) is 18.3. The predicted octanol–water partition coefficient (Wildman–Crippen LogP) is 4.66. The molecule has 0 unspecified atom stereocenters. The molecule has 1 heterocycles. The standard InChI is InChI=1S/C26H26N2O3/c1-6-17-12-13-18-14-15-20-21(18)22(17)24(29)28(19-10-8-7-9-11-19)23(20)16(2)27-25(30)31-26(3,4)5/h1,7-13,16H,14-15H2,2-5H3,(H,27,30)/t16-/m0/s1. The van der Waals surface area contributed by atoms with Gasteiger partial charge in [-0.25, -0.2) is 4.79 Å². The quantitative estimate of drug-likeness (QED) is 0.635. The third-order valence-corrected chi connectivity index (χ3v) is 5.52. The van der Waals surface area contributed by atoms with Gasteiger partial charge in [-0.1, -0.05) is 30.2 Å². The molecule has 1 N–H and O–H groups in total. The van der Waals surface area contributed by atoms with Crippen molar-refractivity contribution in [2.75, 3.05) is 0 Å². The van der Waals surface area contributed by atoms with Crippen molar-refractivity contribution >= 4 is 16.9 Å². The lowest BCUT2D eigenvalue weighted by atomic mass is 9.97. The number of nitrogens with zero attached hydrogens (tertiary/aromatic N) is 1. The van der Waals surface area contributed by atoms with Gasteiger partial charge in [0.1, 0.15) is 5.60 Å². The van der Waals surface area contributed by atoms with Crippen molar-refractivity contribution in [2.45, 2.75) is 52.2 Å². The van der Waals surface area contributed by atoms with Gasteiger partial charge in [0.2, 0.25) is 0 Å². The number of rotatable bonds is 3. The van der Waals surface area contributed by atoms with Crippen LogP contribution in [-0.2, 0) is 17.6 Å². The molecule has 5 heteroatoms. The molecular formula is C26H26N2O3. The number of terminal acetylenes is 1. The number of amides is 1. The molecule has 1 aromatic heterocycles. The third-order valence-electron chi connectivity index (χ3n) is 5.52. The van der Waals surface area contributed by atoms with Crippen LogP contribution in [0, 0.1) is 12.3 Å². The molecule has 0 bridgehead atoms. The van der Waals surface area contributed by atoms with E-state index in [1.807, 2.05) is 70.2 Å². The van der Waals surface area contributed by atoms with Crippen LogP contribution in [0.4, 0.5) is 4.79 Å². The molecule has 1 aliphatic carbocycles. The molecule has 158 valence electrons. The highest BCUT2D eigenvalue weighted by Gasteiger charge is 2.29. The number of benzene rings is 2. The number of aromatic nitrogens is 1. The summed E-state index contributed by atoms with van der Waals surface area (Å²) in [6.07, 6.45) is 6.84. The van der Waals surface area contributed by atoms with E-state index in [1.165, 1.54) is 0 Å². The minimum atomic E-state index is -0.613. The Kier molecular flexibility index (Phi) is 5.10. The second-order valence-electron chi connectivity index (χ2n) is 8.87. The van der Waals surface area contributed by atoms with Crippen molar-refractivity contribution in [1.82, 2.24) is 9.88 Å². The maximum atomic E-state index is 13.8. The molecule has 1 amide bonds. The van der Waals surface area contributed by atoms with E-state index in [-0.39, 0.29) is 5.56 Å². The Labute approximate surface area is 182 Å². The number of alkyl carbamates (subject to hydrolysis) is 1. The molecule has 4 rings (SSSR count). The maximum absolute atomic E-state index is 13.8. The van der Waals surface area contributed by atoms with Gasteiger partial charge in [-0.05, 0) is 75.2 Å². The van der Waals surface area contributed by atoms with Crippen LogP contribution in [-0.4, -0.2) is 16.3 Å². The Morgan fingerprint density at radius 3 is 2.48 bits per heavy atom. The molecule has 0 radical (unpaired) electrons. The predicted molar refractivity (Wildman–Crippen MR) is 123 cm³/mol. The Morgan fingerprint density at radius 1 is 1.13 bits per heavy atom. The van der Waals surface area contributed by atoms with Gasteiger partial charge in [0.15, 0.2) is 0 Å². The Hall–Kier alpha value is -3.52. The number of nitrogens with one attached hydrogen (secondary N) is 1. The topological polar surface area (TPSA) is 60.3 Å². The van der Waals surface area contributed by atoms with E-state index in [9.17, 15) is 9.59 Å². The molecule has 31 heavy (non-hydrogen) atoms. The van der Waals surface area contributed by atoms with E-state index in [0.717, 1.165) is 40.7 Å². The van der Waals surface area contributed by atoms with Gasteiger partial charge < -0.3 is 10.1 Å². The van der Waals surface area contributed by atoms with E-state index in [2.05, 4.69) is 11.2 Å². The molecule has 5 nitrogen and oxygen atoms in total. The minimum Gasteiger partial charge on any atom is -0.444 e. The Morgan fingerprint density at radius 2 is 1.84 bits per heavy atom. The number of hydrogen-bond acceptors (Lipinski definition) is 3. The summed E-state index contributed by atoms with van der Waals surface area (Å²) in [5.41, 5.74) is 3.48. The summed E-state index contributed by atoms with van der Waals surface area (Å²) in [6, 6.07) is 12.9. The highest BCUT2D eigenvalue weighted by Crippen LogP contribution is 2.36. The van der Waals surface area contributed by atoms with E-state index >= 15 is 0 Å². The van der Waals surface area contributed by atoms with E-state index in [4.69, 9.17) is 11.2 Å². The minimum absolute atomic E-state index is 0.172. The molecule has 0 spiro atoms. The van der Waals surface area contributed by atoms with Gasteiger partial charge in [0.05, 0.1) is 17.1 Å². The highest BCUT2D eigenvalue weighted by atomic mass is 16.6. The number of ether oxygens (including phenoxy) is 1. The smallest absolute Gasteiger partial charge is 0.408 e. The number of pyridine rings is 1. The van der Waals surface area contributed by atoms with Gasteiger partial charge in [-0.3, -0.25) is 9.36 Å². The fourth-order valence-electron chi connectivity index (χ4n) is 4.38. The van der Waals surface area contributed by atoms with Crippen LogP contribution in [0.3, 0.4) is 0 Å². The summed E-state index contributed by atoms with van der Waals surface area (Å²) in [5, 5.41) is 4.42. The average molecular weight is 415 g/mol. The number of carbonyl (C=O) groups excluding carboxylic acids is 1. The van der Waals surface area contributed by atoms with Crippen molar-refractivity contribution < 1.29 is 9.53 Å². The average Bonchev–Trinajstić information content (AvgIpc) is 3.13. The van der Waals surface area contributed by atoms with Crippen LogP contribution in [0.1, 0.15) is 56.1 Å². The maximum Gasteiger partial charge on any atom is 0.408 e. The zero-order chi connectivity index (χ0) is 22.3. The monoisotopic (exact) mass is 414 g/mol. The Balaban J connectivity index is 1.98. The molecule has 0 fully saturated rings. The Bertz CT molecular complexity index is 1270. The second-order valence-corrected chi connectivity index (χ2v) is 8.87. The van der Waals surface area contributed by atoms with Crippen LogP contribution in [0.5, 0.6) is 0 Å². The first-order valence-electron chi connectivity index (χ1n) is 10.5. The molecule has 3 aromatic rings. The summed E-state index contributed by atoms with van der Waals surface area (Å²) in [7, 11) is 0. The summed E-state index contributed by atoms with van der Waals surface area (Å²) >= 11 is 0. The number of para-hydroxylation sites is 1. The van der Waals surface area contributed by atoms with Crippen LogP contribution >= 0.6 is 0 Å². The fourth-order valence-corrected chi connectivity index (χ4v) is 4.38. The molecule has 0 saturated carbocycles. The largest absolute Gasteiger partial charge is 0.444 e. The number of aryl methyl sites for hydroxylation is 2. The summed E-state index contributed by atoms with van der Waals surface area (Å²) in [6.45, 7) is 7.34. The molecule has 0 saturated heterocycles. The van der Waals surface area contributed by atoms with E-state index < -0.39 is 17.7 Å². The van der Waals surface area contributed by atoms with Crippen LogP contribution in [0.2, 0.25) is 0 Å². The van der Waals surface area contributed by atoms with Crippen LogP contribution < -0.4 is 10.9 Å². The lowest BCUT2D eigenvalue weighted by Crippen LogP contribution is -2.37. The van der Waals surface area contributed by atoms with Crippen molar-refractivity contribution in [3.05, 3.63) is 75.2 Å². The number of hydrogen-bond donors (Lipinski definition) is 1. The van der Waals surface area contributed by atoms with Gasteiger partial charge in [-0.15, -0.1) is 6.42 Å². The fraction of sp³-hybridized carbons (Fsp3) is 0.308. The van der Waals surface area contributed by atoms with Crippen LogP contribution in [0.25, 0.3) is 16.5 Å². The third kappa shape index (κ3) is 3.70. The second kappa shape index (κ2) is 7.63. The first-order valence-corrected chi connectivity index (χ1v) is 10.5. The number of carbonyl (C=O) groups is 1. The molecule has 0 aliphatic heterocycles. The first kappa shape index (κ1) is 20.7. The first-order chi connectivity index (χ1) is 14.7. The normalized spacial score (nSPS) is 13.6. The van der Waals surface area contributed by atoms with Crippen molar-refractivity contribution in [1.29, 1.82) is 0 Å². The van der Waals surface area contributed by atoms with Crippen molar-refractivity contribution in [3.8, 4) is 18.0 Å². The molecule has 1 atom stereocenters. The lowest BCUT2D eigenvalue weighted by Gasteiger charge is -2.26. The molecule has 1 aliphatic rings. The lowest BCUT2D eigenvalue weighted by molar-refractivity contribution is 0.0506. The van der Waals surface area contributed by atoms with E-state index in [1.54, 1.807) is 4.57 Å². The molecular weight excluding hydrogens is 388 g/mol. The SMILES string of the molecule is C#Cc1ccc2c3c(c([C@H](C)NC(=O)OC(C)(C)C)n(-c4ccccc4)c(=O)c13)CC2. The van der Waals surface area contributed by atoms with Gasteiger partial charge in [0.25, 0.3) is 5.56 Å². The summed E-state index contributed by atoms with van der Waals surface area (Å²) < 4.78 is 7.14. The highest BCUT2D eigenvalue weighted by molar-refractivity contribution is 5.95. The van der Waals surface area contributed by atoms with Crippen LogP contribution in [0.15, 0.2) is 47.3 Å². The van der Waals surface area contributed by atoms with Crippen molar-refractivity contribution in [3.63, 3.8) is 0 Å². The zero-order valence-corrected chi connectivity index (χ0v) is 18.3. The molecule has 2 aromatic carbocycles. The van der Waals surface area contributed by atoms with Crippen molar-refractivity contribution in [2.24, 2.45) is 0 Å². The van der Waals surface area contributed by atoms with Gasteiger partial charge in [-0.2, -0.15) is 0 Å². The van der Waals surface area contributed by atoms with Gasteiger partial charge in [0, 0.05) is 11.3 Å².